The number of ether oxygens (including phenoxy) is 1. The van der Waals surface area contributed by atoms with Gasteiger partial charge in [0.1, 0.15) is 0 Å². The molecule has 6 nitrogen and oxygen atoms in total. The van der Waals surface area contributed by atoms with E-state index in [2.05, 4.69) is 9.97 Å². The van der Waals surface area contributed by atoms with Crippen molar-refractivity contribution in [2.45, 2.75) is 25.3 Å². The van der Waals surface area contributed by atoms with Gasteiger partial charge in [-0.1, -0.05) is 6.07 Å². The Hall–Kier alpha value is -2.70. The number of amides is 1. The summed E-state index contributed by atoms with van der Waals surface area (Å²) in [4.78, 5) is 32.0. The molecule has 1 atom stereocenters. The lowest BCUT2D eigenvalue weighted by Crippen LogP contribution is -2.33. The Morgan fingerprint density at radius 2 is 2.29 bits per heavy atom. The molecule has 1 aliphatic rings. The van der Waals surface area contributed by atoms with Crippen LogP contribution in [0.2, 0.25) is 0 Å². The van der Waals surface area contributed by atoms with Gasteiger partial charge in [-0.2, -0.15) is 0 Å². The predicted molar refractivity (Wildman–Crippen MR) is 85.2 cm³/mol. The molecule has 3 rings (SSSR count). The number of methoxy groups -OCH3 is 1. The number of nitrogens with zero attached hydrogens (tertiary/aromatic N) is 2. The molecule has 0 saturated carbocycles. The maximum Gasteiger partial charge on any atom is 0.345 e. The zero-order valence-corrected chi connectivity index (χ0v) is 13.3. The van der Waals surface area contributed by atoms with Crippen LogP contribution in [0.5, 0.6) is 5.75 Å². The molecule has 1 fully saturated rings. The molecule has 126 valence electrons. The molecule has 0 unspecified atom stereocenters. The van der Waals surface area contributed by atoms with Gasteiger partial charge < -0.3 is 14.6 Å². The van der Waals surface area contributed by atoms with E-state index in [0.717, 1.165) is 12.8 Å². The third-order valence-electron chi connectivity index (χ3n) is 4.20. The molecular formula is C17H18FN3O3. The Balaban J connectivity index is 1.76. The summed E-state index contributed by atoms with van der Waals surface area (Å²) in [5.74, 6) is -0.432. The minimum atomic E-state index is -0.487. The average Bonchev–Trinajstić information content (AvgIpc) is 3.05. The highest BCUT2D eigenvalue weighted by Gasteiger charge is 2.30. The first-order chi connectivity index (χ1) is 11.6. The van der Waals surface area contributed by atoms with Crippen molar-refractivity contribution >= 4 is 5.91 Å². The third kappa shape index (κ3) is 3.29. The normalized spacial score (nSPS) is 17.1. The number of halogens is 1. The van der Waals surface area contributed by atoms with Crippen molar-refractivity contribution in [1.82, 2.24) is 14.9 Å². The zero-order chi connectivity index (χ0) is 17.1. The van der Waals surface area contributed by atoms with E-state index in [4.69, 9.17) is 4.74 Å². The van der Waals surface area contributed by atoms with Gasteiger partial charge in [0.05, 0.1) is 19.6 Å². The van der Waals surface area contributed by atoms with Crippen LogP contribution in [-0.4, -0.2) is 34.4 Å². The van der Waals surface area contributed by atoms with E-state index in [-0.39, 0.29) is 24.1 Å². The second-order valence-corrected chi connectivity index (χ2v) is 5.72. The Kier molecular flexibility index (Phi) is 4.59. The number of nitrogens with one attached hydrogen (secondary N) is 1. The highest BCUT2D eigenvalue weighted by atomic mass is 19.1. The van der Waals surface area contributed by atoms with Crippen LogP contribution in [-0.2, 0) is 11.2 Å². The van der Waals surface area contributed by atoms with Crippen LogP contribution in [0, 0.1) is 5.82 Å². The summed E-state index contributed by atoms with van der Waals surface area (Å²) < 4.78 is 18.6. The van der Waals surface area contributed by atoms with Gasteiger partial charge in [-0.15, -0.1) is 0 Å². The molecule has 1 aromatic carbocycles. The van der Waals surface area contributed by atoms with Crippen LogP contribution in [0.15, 0.2) is 35.3 Å². The monoisotopic (exact) mass is 331 g/mol. The second kappa shape index (κ2) is 6.82. The molecule has 7 heteroatoms. The number of likely N-dealkylation sites (tertiary alicyclic amines) is 1. The number of aromatic amines is 1. The summed E-state index contributed by atoms with van der Waals surface area (Å²) in [5.41, 5.74) is 0.845. The number of benzene rings is 1. The summed E-state index contributed by atoms with van der Waals surface area (Å²) in [5, 5.41) is 0. The maximum atomic E-state index is 13.8. The molecule has 1 aromatic heterocycles. The van der Waals surface area contributed by atoms with E-state index < -0.39 is 11.5 Å². The van der Waals surface area contributed by atoms with Crippen molar-refractivity contribution in [2.24, 2.45) is 0 Å². The number of hydrogen-bond donors (Lipinski definition) is 1. The van der Waals surface area contributed by atoms with Crippen LogP contribution >= 0.6 is 0 Å². The van der Waals surface area contributed by atoms with Crippen LogP contribution in [0.3, 0.4) is 0 Å². The van der Waals surface area contributed by atoms with Crippen LogP contribution < -0.4 is 10.4 Å². The molecule has 0 aliphatic carbocycles. The van der Waals surface area contributed by atoms with Gasteiger partial charge in [0, 0.05) is 18.4 Å². The van der Waals surface area contributed by atoms with Crippen molar-refractivity contribution in [1.29, 1.82) is 0 Å². The standard InChI is InChI=1S/C17H18FN3O3/c1-24-15-5-4-11(9-12(15)18)10-16(22)21-8-2-3-14(21)13-6-7-19-17(23)20-13/h4-7,9,14H,2-3,8,10H2,1H3,(H,19,20,23)/t14-/m0/s1. The average molecular weight is 331 g/mol. The molecule has 0 bridgehead atoms. The third-order valence-corrected chi connectivity index (χ3v) is 4.20. The topological polar surface area (TPSA) is 75.3 Å². The molecule has 0 radical (unpaired) electrons. The summed E-state index contributed by atoms with van der Waals surface area (Å²) in [6.45, 7) is 0.618. The highest BCUT2D eigenvalue weighted by molar-refractivity contribution is 5.79. The van der Waals surface area contributed by atoms with Crippen molar-refractivity contribution in [3.8, 4) is 5.75 Å². The Morgan fingerprint density at radius 1 is 1.46 bits per heavy atom. The molecule has 1 saturated heterocycles. The minimum Gasteiger partial charge on any atom is -0.494 e. The first kappa shape index (κ1) is 16.2. The quantitative estimate of drug-likeness (QED) is 0.927. The Morgan fingerprint density at radius 3 is 3.00 bits per heavy atom. The van der Waals surface area contributed by atoms with Crippen molar-refractivity contribution in [2.75, 3.05) is 13.7 Å². The van der Waals surface area contributed by atoms with E-state index in [0.29, 0.717) is 17.8 Å². The summed E-state index contributed by atoms with van der Waals surface area (Å²) >= 11 is 0. The number of rotatable bonds is 4. The van der Waals surface area contributed by atoms with Crippen LogP contribution in [0.1, 0.15) is 30.1 Å². The fraction of sp³-hybridized carbons (Fsp3) is 0.353. The van der Waals surface area contributed by atoms with E-state index >= 15 is 0 Å². The van der Waals surface area contributed by atoms with Gasteiger partial charge in [0.15, 0.2) is 11.6 Å². The highest BCUT2D eigenvalue weighted by Crippen LogP contribution is 2.31. The lowest BCUT2D eigenvalue weighted by Gasteiger charge is -2.24. The SMILES string of the molecule is COc1ccc(CC(=O)N2CCC[C@H]2c2ccnc(=O)[nH]2)cc1F. The maximum absolute atomic E-state index is 13.8. The fourth-order valence-electron chi connectivity index (χ4n) is 3.06. The molecular weight excluding hydrogens is 313 g/mol. The van der Waals surface area contributed by atoms with Gasteiger partial charge in [0.25, 0.3) is 0 Å². The van der Waals surface area contributed by atoms with Crippen molar-refractivity contribution in [3.05, 3.63) is 58.0 Å². The van der Waals surface area contributed by atoms with Crippen LogP contribution in [0.4, 0.5) is 4.39 Å². The molecule has 1 amide bonds. The molecule has 1 aliphatic heterocycles. The van der Waals surface area contributed by atoms with E-state index in [1.165, 1.54) is 25.4 Å². The number of H-pyrrole nitrogens is 1. The second-order valence-electron chi connectivity index (χ2n) is 5.72. The Labute approximate surface area is 138 Å². The van der Waals surface area contributed by atoms with Gasteiger partial charge in [-0.3, -0.25) is 4.79 Å². The van der Waals surface area contributed by atoms with Crippen LogP contribution in [0.25, 0.3) is 0 Å². The number of carbonyl (C=O) groups is 1. The zero-order valence-electron chi connectivity index (χ0n) is 13.3. The number of hydrogen-bond acceptors (Lipinski definition) is 4. The lowest BCUT2D eigenvalue weighted by atomic mass is 10.1. The minimum absolute atomic E-state index is 0.0975. The summed E-state index contributed by atoms with van der Waals surface area (Å²) in [6.07, 6.45) is 3.18. The predicted octanol–water partition coefficient (Wildman–Crippen LogP) is 1.82. The van der Waals surface area contributed by atoms with Gasteiger partial charge in [-0.25, -0.2) is 14.2 Å². The molecule has 2 heterocycles. The largest absolute Gasteiger partial charge is 0.494 e. The molecule has 2 aromatic rings. The molecule has 1 N–H and O–H groups in total. The van der Waals surface area contributed by atoms with Gasteiger partial charge in [0.2, 0.25) is 5.91 Å². The van der Waals surface area contributed by atoms with E-state index in [1.807, 2.05) is 0 Å². The van der Waals surface area contributed by atoms with E-state index in [9.17, 15) is 14.0 Å². The van der Waals surface area contributed by atoms with Gasteiger partial charge >= 0.3 is 5.69 Å². The number of carbonyl (C=O) groups excluding carboxylic acids is 1. The van der Waals surface area contributed by atoms with Crippen molar-refractivity contribution in [3.63, 3.8) is 0 Å². The molecule has 24 heavy (non-hydrogen) atoms. The molecule has 0 spiro atoms. The summed E-state index contributed by atoms with van der Waals surface area (Å²) in [7, 11) is 1.40. The smallest absolute Gasteiger partial charge is 0.345 e. The van der Waals surface area contributed by atoms with Gasteiger partial charge in [-0.05, 0) is 36.6 Å². The summed E-state index contributed by atoms with van der Waals surface area (Å²) in [6, 6.07) is 6.05. The number of aromatic nitrogens is 2. The first-order valence-electron chi connectivity index (χ1n) is 7.75. The Bertz CT molecular complexity index is 806. The lowest BCUT2D eigenvalue weighted by molar-refractivity contribution is -0.131. The fourth-order valence-corrected chi connectivity index (χ4v) is 3.06. The van der Waals surface area contributed by atoms with Crippen molar-refractivity contribution < 1.29 is 13.9 Å². The van der Waals surface area contributed by atoms with E-state index in [1.54, 1.807) is 17.0 Å². The first-order valence-corrected chi connectivity index (χ1v) is 7.75.